The number of hydrogen-bond donors (Lipinski definition) is 0. The fourth-order valence-corrected chi connectivity index (χ4v) is 20.8. The number of benzene rings is 3. The molecule has 4 atom stereocenters. The molecule has 0 bridgehead atoms. The molecule has 1 aliphatic rings. The lowest BCUT2D eigenvalue weighted by Gasteiger charge is -2.48. The minimum absolute atomic E-state index is 0.273. The van der Waals surface area contributed by atoms with Gasteiger partial charge >= 0.3 is 0 Å². The Kier molecular flexibility index (Phi) is 14.9. The number of rotatable bonds is 19. The monoisotopic (exact) mass is 744 g/mol. The van der Waals surface area contributed by atoms with Gasteiger partial charge in [0.1, 0.15) is 23.9 Å². The third kappa shape index (κ3) is 8.31. The molecule has 0 amide bonds. The highest BCUT2D eigenvalue weighted by Crippen LogP contribution is 2.49. The van der Waals surface area contributed by atoms with Gasteiger partial charge in [-0.25, -0.2) is 0 Å². The van der Waals surface area contributed by atoms with Crippen molar-refractivity contribution in [1.82, 2.24) is 0 Å². The standard InChI is InChI=1S/C45H68O5Si2/c1-14-30-46-44-43(50-52(35(8)9,36(10)11)37(12)13)42(49-51(32(2)3,33(4)5)34(6)7)41(48-44)31-47-45(38-24-18-15-19-25-38,39-26-20-16-21-27-39)40-28-22-17-23-29-40/h14-29,32-37,41-44H,1,30-31H2,2-13H3/t41-,42-,43+,44+/m1/s1. The molecular weight excluding hydrogens is 677 g/mol. The van der Waals surface area contributed by atoms with E-state index in [1.54, 1.807) is 6.08 Å². The molecule has 0 N–H and O–H groups in total. The molecule has 5 nitrogen and oxygen atoms in total. The van der Waals surface area contributed by atoms with Gasteiger partial charge in [-0.1, -0.05) is 180 Å². The van der Waals surface area contributed by atoms with Crippen LogP contribution in [0.1, 0.15) is 99.8 Å². The van der Waals surface area contributed by atoms with Gasteiger partial charge in [-0.2, -0.15) is 0 Å². The molecule has 0 radical (unpaired) electrons. The van der Waals surface area contributed by atoms with Crippen LogP contribution in [0.2, 0.25) is 33.2 Å². The molecule has 286 valence electrons. The Morgan fingerprint density at radius 3 is 1.25 bits per heavy atom. The van der Waals surface area contributed by atoms with Gasteiger partial charge in [-0.15, -0.1) is 6.58 Å². The number of hydrogen-bond acceptors (Lipinski definition) is 5. The summed E-state index contributed by atoms with van der Waals surface area (Å²) in [6.07, 6.45) is -0.0975. The van der Waals surface area contributed by atoms with E-state index in [0.29, 0.717) is 39.9 Å². The Bertz CT molecular complexity index is 1350. The molecule has 1 heterocycles. The van der Waals surface area contributed by atoms with Crippen molar-refractivity contribution >= 4 is 16.6 Å². The molecule has 0 saturated carbocycles. The largest absolute Gasteiger partial charge is 0.408 e. The van der Waals surface area contributed by atoms with Crippen LogP contribution in [0.4, 0.5) is 0 Å². The highest BCUT2D eigenvalue weighted by molar-refractivity contribution is 6.78. The van der Waals surface area contributed by atoms with Crippen molar-refractivity contribution in [2.45, 2.75) is 147 Å². The van der Waals surface area contributed by atoms with Crippen molar-refractivity contribution in [3.63, 3.8) is 0 Å². The molecule has 0 spiro atoms. The van der Waals surface area contributed by atoms with Gasteiger partial charge < -0.3 is 23.1 Å². The van der Waals surface area contributed by atoms with Crippen LogP contribution in [-0.4, -0.2) is 54.5 Å². The zero-order valence-electron chi connectivity index (χ0n) is 34.2. The zero-order chi connectivity index (χ0) is 38.3. The fourth-order valence-electron chi connectivity index (χ4n) is 9.65. The van der Waals surface area contributed by atoms with E-state index in [4.69, 9.17) is 23.1 Å². The molecule has 4 rings (SSSR count). The Morgan fingerprint density at radius 2 is 0.923 bits per heavy atom. The minimum Gasteiger partial charge on any atom is -0.408 e. The molecule has 0 aliphatic carbocycles. The molecule has 1 saturated heterocycles. The summed E-state index contributed by atoms with van der Waals surface area (Å²) in [7, 11) is -4.85. The first kappa shape index (κ1) is 42.4. The normalized spacial score (nSPS) is 20.3. The fraction of sp³-hybridized carbons (Fsp3) is 0.556. The van der Waals surface area contributed by atoms with Gasteiger partial charge in [-0.3, -0.25) is 0 Å². The molecule has 1 aliphatic heterocycles. The minimum atomic E-state index is -2.44. The topological polar surface area (TPSA) is 46.2 Å². The first-order chi connectivity index (χ1) is 24.7. The van der Waals surface area contributed by atoms with Crippen molar-refractivity contribution in [3.8, 4) is 0 Å². The molecule has 0 unspecified atom stereocenters. The average Bonchev–Trinajstić information content (AvgIpc) is 3.43. The van der Waals surface area contributed by atoms with E-state index in [0.717, 1.165) is 16.7 Å². The van der Waals surface area contributed by atoms with Crippen molar-refractivity contribution in [3.05, 3.63) is 120 Å². The van der Waals surface area contributed by atoms with Crippen LogP contribution in [0.15, 0.2) is 104 Å². The summed E-state index contributed by atoms with van der Waals surface area (Å²) in [5, 5.41) is 0. The maximum Gasteiger partial charge on any atom is 0.201 e. The second kappa shape index (κ2) is 18.3. The van der Waals surface area contributed by atoms with E-state index in [1.165, 1.54) is 0 Å². The summed E-state index contributed by atoms with van der Waals surface area (Å²) in [5.74, 6) is 0. The molecular formula is C45H68O5Si2. The summed E-state index contributed by atoms with van der Waals surface area (Å²) >= 11 is 0. The lowest BCUT2D eigenvalue weighted by Crippen LogP contribution is -2.58. The third-order valence-electron chi connectivity index (χ3n) is 11.7. The van der Waals surface area contributed by atoms with Crippen LogP contribution in [0.5, 0.6) is 0 Å². The first-order valence-electron chi connectivity index (χ1n) is 19.7. The SMILES string of the molecule is C=CCO[C@H]1O[C@H](COC(c2ccccc2)(c2ccccc2)c2ccccc2)[C@@H](O[Si](C(C)C)(C(C)C)C(C)C)[C@@H]1O[Si](C(C)C)(C(C)C)C(C)C. The quantitative estimate of drug-likeness (QED) is 0.0695. The van der Waals surface area contributed by atoms with E-state index in [-0.39, 0.29) is 6.61 Å². The van der Waals surface area contributed by atoms with Gasteiger partial charge in [0.25, 0.3) is 0 Å². The van der Waals surface area contributed by atoms with Crippen molar-refractivity contribution < 1.29 is 23.1 Å². The van der Waals surface area contributed by atoms with Crippen LogP contribution in [-0.2, 0) is 28.7 Å². The van der Waals surface area contributed by atoms with Crippen molar-refractivity contribution in [2.24, 2.45) is 0 Å². The van der Waals surface area contributed by atoms with Gasteiger partial charge in [0.05, 0.1) is 13.2 Å². The Labute approximate surface area is 318 Å². The lowest BCUT2D eigenvalue weighted by atomic mass is 9.80. The van der Waals surface area contributed by atoms with E-state index >= 15 is 0 Å². The smallest absolute Gasteiger partial charge is 0.201 e. The van der Waals surface area contributed by atoms with Gasteiger partial charge in [-0.05, 0) is 49.9 Å². The Balaban J connectivity index is 1.93. The Morgan fingerprint density at radius 1 is 0.577 bits per heavy atom. The second-order valence-electron chi connectivity index (χ2n) is 16.6. The van der Waals surface area contributed by atoms with Crippen molar-refractivity contribution in [1.29, 1.82) is 0 Å². The summed E-state index contributed by atoms with van der Waals surface area (Å²) in [5.41, 5.74) is 4.53. The second-order valence-corrected chi connectivity index (χ2v) is 27.4. The van der Waals surface area contributed by atoms with Gasteiger partial charge in [0, 0.05) is 0 Å². The predicted octanol–water partition coefficient (Wildman–Crippen LogP) is 12.0. The molecule has 0 aromatic heterocycles. The van der Waals surface area contributed by atoms with E-state index in [9.17, 15) is 0 Å². The summed E-state index contributed by atoms with van der Waals surface area (Å²) in [6, 6.07) is 31.6. The first-order valence-corrected chi connectivity index (χ1v) is 24.0. The van der Waals surface area contributed by atoms with Crippen LogP contribution in [0, 0.1) is 0 Å². The predicted molar refractivity (Wildman–Crippen MR) is 222 cm³/mol. The Hall–Kier alpha value is -2.37. The summed E-state index contributed by atoms with van der Waals surface area (Å²) < 4.78 is 36.6. The number of ether oxygens (including phenoxy) is 3. The molecule has 3 aromatic carbocycles. The van der Waals surface area contributed by atoms with E-state index < -0.39 is 46.8 Å². The molecule has 52 heavy (non-hydrogen) atoms. The molecule has 7 heteroatoms. The summed E-state index contributed by atoms with van der Waals surface area (Å²) in [4.78, 5) is 0. The zero-order valence-corrected chi connectivity index (χ0v) is 36.2. The average molecular weight is 745 g/mol. The third-order valence-corrected chi connectivity index (χ3v) is 23.9. The van der Waals surface area contributed by atoms with Crippen molar-refractivity contribution in [2.75, 3.05) is 13.2 Å². The summed E-state index contributed by atoms with van der Waals surface area (Å²) in [6.45, 7) is 32.7. The molecule has 3 aromatic rings. The van der Waals surface area contributed by atoms with Crippen LogP contribution in [0.3, 0.4) is 0 Å². The molecule has 1 fully saturated rings. The van der Waals surface area contributed by atoms with Crippen LogP contribution in [0.25, 0.3) is 0 Å². The highest BCUT2D eigenvalue weighted by Gasteiger charge is 2.58. The van der Waals surface area contributed by atoms with E-state index in [1.807, 2.05) is 0 Å². The van der Waals surface area contributed by atoms with E-state index in [2.05, 4.69) is 181 Å². The maximum atomic E-state index is 7.81. The van der Waals surface area contributed by atoms with Crippen LogP contribution >= 0.6 is 0 Å². The highest BCUT2D eigenvalue weighted by atomic mass is 28.4. The maximum absolute atomic E-state index is 7.81. The van der Waals surface area contributed by atoms with Gasteiger partial charge in [0.2, 0.25) is 16.6 Å². The van der Waals surface area contributed by atoms with Crippen LogP contribution < -0.4 is 0 Å². The van der Waals surface area contributed by atoms with Gasteiger partial charge in [0.15, 0.2) is 6.29 Å². The lowest BCUT2D eigenvalue weighted by molar-refractivity contribution is -0.168.